The van der Waals surface area contributed by atoms with Gasteiger partial charge in [-0.2, -0.15) is 5.10 Å². The van der Waals surface area contributed by atoms with Crippen LogP contribution in [0.3, 0.4) is 0 Å². The van der Waals surface area contributed by atoms with Gasteiger partial charge >= 0.3 is 0 Å². The quantitative estimate of drug-likeness (QED) is 0.400. The first-order chi connectivity index (χ1) is 3.43. The van der Waals surface area contributed by atoms with Gasteiger partial charge in [0.1, 0.15) is 12.2 Å². The fraction of sp³-hybridized carbons (Fsp3) is 0.250. The molecule has 1 heterocycles. The Morgan fingerprint density at radius 2 is 2.86 bits per heavy atom. The van der Waals surface area contributed by atoms with Crippen molar-refractivity contribution in [3.8, 4) is 0 Å². The normalized spacial score (nSPS) is 16.3. The summed E-state index contributed by atoms with van der Waals surface area (Å²) in [6, 6.07) is 0. The van der Waals surface area contributed by atoms with Crippen molar-refractivity contribution in [1.82, 2.24) is 5.43 Å². The fourth-order valence-electron chi connectivity index (χ4n) is 0.324. The lowest BCUT2D eigenvalue weighted by Crippen LogP contribution is -2.00. The van der Waals surface area contributed by atoms with E-state index in [1.165, 1.54) is 0 Å². The van der Waals surface area contributed by atoms with Crippen LogP contribution in [0.5, 0.6) is 0 Å². The van der Waals surface area contributed by atoms with Crippen LogP contribution in [-0.2, 0) is 4.79 Å². The molecule has 1 radical (unpaired) electrons. The summed E-state index contributed by atoms with van der Waals surface area (Å²) in [6.07, 6.45) is 2.41. The molecule has 0 aromatic heterocycles. The highest BCUT2D eigenvalue weighted by molar-refractivity contribution is 5.90. The minimum atomic E-state index is 0.458. The van der Waals surface area contributed by atoms with E-state index in [4.69, 9.17) is 0 Å². The van der Waals surface area contributed by atoms with Gasteiger partial charge in [-0.1, -0.05) is 0 Å². The maximum absolute atomic E-state index is 9.68. The van der Waals surface area contributed by atoms with E-state index in [1.807, 2.05) is 0 Å². The largest absolute Gasteiger partial charge is 0.304 e. The average Bonchev–Trinajstić information content (AvgIpc) is 2.14. The highest BCUT2D eigenvalue weighted by Crippen LogP contribution is 1.85. The van der Waals surface area contributed by atoms with Crippen molar-refractivity contribution in [2.75, 3.05) is 6.54 Å². The van der Waals surface area contributed by atoms with Gasteiger partial charge in [0.05, 0.1) is 12.1 Å². The van der Waals surface area contributed by atoms with Gasteiger partial charge in [-0.05, 0) is 0 Å². The topological polar surface area (TPSA) is 41.5 Å². The van der Waals surface area contributed by atoms with Crippen LogP contribution in [0.4, 0.5) is 0 Å². The van der Waals surface area contributed by atoms with Gasteiger partial charge in [0.15, 0.2) is 0 Å². The number of hydrogen-bond acceptors (Lipinski definition) is 3. The van der Waals surface area contributed by atoms with Gasteiger partial charge in [0.2, 0.25) is 0 Å². The van der Waals surface area contributed by atoms with Crippen molar-refractivity contribution in [3.63, 3.8) is 0 Å². The van der Waals surface area contributed by atoms with Crippen LogP contribution in [0, 0.1) is 0 Å². The van der Waals surface area contributed by atoms with E-state index in [0.29, 0.717) is 12.1 Å². The zero-order chi connectivity index (χ0) is 5.11. The van der Waals surface area contributed by atoms with Crippen LogP contribution < -0.4 is 5.43 Å². The predicted molar refractivity (Wildman–Crippen MR) is 24.6 cm³/mol. The zero-order valence-electron chi connectivity index (χ0n) is 3.56. The fourth-order valence-corrected chi connectivity index (χ4v) is 0.324. The van der Waals surface area contributed by atoms with Gasteiger partial charge in [-0.25, -0.2) is 4.79 Å². The molecule has 0 aromatic carbocycles. The summed E-state index contributed by atoms with van der Waals surface area (Å²) in [7, 11) is 0. The molecular weight excluding hydrogens is 92.1 g/mol. The first-order valence-corrected chi connectivity index (χ1v) is 1.86. The summed E-state index contributed by atoms with van der Waals surface area (Å²) < 4.78 is 0. The second kappa shape index (κ2) is 1.58. The third-order valence-electron chi connectivity index (χ3n) is 0.649. The highest BCUT2D eigenvalue weighted by Gasteiger charge is 1.98. The number of nitrogens with zero attached hydrogens (tertiary/aromatic N) is 1. The first kappa shape index (κ1) is 4.09. The number of carbonyl (C=O) groups excluding carboxylic acids is 1. The lowest BCUT2D eigenvalue weighted by Gasteiger charge is -1.78. The molecule has 1 aliphatic rings. The van der Waals surface area contributed by atoms with Gasteiger partial charge in [-0.15, -0.1) is 0 Å². The predicted octanol–water partition coefficient (Wildman–Crippen LogP) is -0.790. The summed E-state index contributed by atoms with van der Waals surface area (Å²) in [4.78, 5) is 9.68. The van der Waals surface area contributed by atoms with Crippen LogP contribution in [-0.4, -0.2) is 18.7 Å². The Morgan fingerprint density at radius 3 is 3.14 bits per heavy atom. The second-order valence-electron chi connectivity index (χ2n) is 1.14. The van der Waals surface area contributed by atoms with Crippen molar-refractivity contribution < 1.29 is 4.79 Å². The minimum absolute atomic E-state index is 0.458. The van der Waals surface area contributed by atoms with Crippen LogP contribution in [0.25, 0.3) is 0 Å². The third kappa shape index (κ3) is 0.669. The molecule has 7 heavy (non-hydrogen) atoms. The molecular formula is C4H3N2O. The summed E-state index contributed by atoms with van der Waals surface area (Å²) in [6.45, 7) is 0.476. The van der Waals surface area contributed by atoms with Crippen molar-refractivity contribution >= 4 is 12.2 Å². The maximum atomic E-state index is 9.68. The SMILES string of the molecule is O=C=C1[C]=NNC1. The molecule has 0 aromatic rings. The summed E-state index contributed by atoms with van der Waals surface area (Å²) in [5, 5.41) is 3.44. The van der Waals surface area contributed by atoms with Crippen LogP contribution in [0.15, 0.2) is 10.7 Å². The first-order valence-electron chi connectivity index (χ1n) is 1.86. The van der Waals surface area contributed by atoms with Gasteiger partial charge in [0.25, 0.3) is 0 Å². The molecule has 0 saturated carbocycles. The zero-order valence-corrected chi connectivity index (χ0v) is 3.56. The summed E-state index contributed by atoms with van der Waals surface area (Å²) in [5.41, 5.74) is 3.00. The van der Waals surface area contributed by atoms with E-state index < -0.39 is 0 Å². The molecule has 0 spiro atoms. The van der Waals surface area contributed by atoms with E-state index in [-0.39, 0.29) is 0 Å². The number of rotatable bonds is 0. The van der Waals surface area contributed by atoms with Crippen LogP contribution >= 0.6 is 0 Å². The molecule has 0 fully saturated rings. The van der Waals surface area contributed by atoms with Gasteiger partial charge in [0, 0.05) is 0 Å². The molecule has 1 aliphatic heterocycles. The Kier molecular flexibility index (Phi) is 0.922. The molecule has 3 nitrogen and oxygen atoms in total. The highest BCUT2D eigenvalue weighted by atomic mass is 16.1. The van der Waals surface area contributed by atoms with E-state index in [2.05, 4.69) is 16.7 Å². The molecule has 0 atom stereocenters. The van der Waals surface area contributed by atoms with E-state index >= 15 is 0 Å². The monoisotopic (exact) mass is 95.0 g/mol. The molecule has 0 unspecified atom stereocenters. The smallest absolute Gasteiger partial charge is 0.132 e. The molecule has 3 heteroatoms. The van der Waals surface area contributed by atoms with Gasteiger partial charge < -0.3 is 5.43 Å². The Hall–Kier alpha value is -1.08. The maximum Gasteiger partial charge on any atom is 0.132 e. The van der Waals surface area contributed by atoms with E-state index in [0.717, 1.165) is 0 Å². The molecule has 0 saturated heterocycles. The minimum Gasteiger partial charge on any atom is -0.304 e. The molecule has 1 N–H and O–H groups in total. The molecule has 0 bridgehead atoms. The van der Waals surface area contributed by atoms with Crippen LogP contribution in [0.2, 0.25) is 0 Å². The summed E-state index contributed by atoms with van der Waals surface area (Å²) in [5.74, 6) is 1.66. The lowest BCUT2D eigenvalue weighted by atomic mass is 10.4. The number of hydrogen-bond donors (Lipinski definition) is 1. The van der Waals surface area contributed by atoms with Crippen molar-refractivity contribution in [2.45, 2.75) is 0 Å². The van der Waals surface area contributed by atoms with E-state index in [9.17, 15) is 4.79 Å². The van der Waals surface area contributed by atoms with Crippen LogP contribution in [0.1, 0.15) is 0 Å². The van der Waals surface area contributed by atoms with Crippen molar-refractivity contribution in [2.24, 2.45) is 5.10 Å². The Morgan fingerprint density at radius 1 is 2.00 bits per heavy atom. The van der Waals surface area contributed by atoms with E-state index in [1.54, 1.807) is 5.94 Å². The number of hydrazone groups is 1. The molecule has 1 rings (SSSR count). The Labute approximate surface area is 40.7 Å². The molecule has 0 aliphatic carbocycles. The number of nitrogens with one attached hydrogen (secondary N) is 1. The van der Waals surface area contributed by atoms with Gasteiger partial charge in [-0.3, -0.25) is 0 Å². The Bertz CT molecular complexity index is 144. The molecule has 35 valence electrons. The molecule has 0 amide bonds. The second-order valence-corrected chi connectivity index (χ2v) is 1.14. The standard InChI is InChI=1S/C4H3N2O/c7-3-4-1-5-6-2-4/h5H,1H2. The van der Waals surface area contributed by atoms with Crippen molar-refractivity contribution in [1.29, 1.82) is 0 Å². The van der Waals surface area contributed by atoms with Crippen molar-refractivity contribution in [3.05, 3.63) is 5.57 Å². The average molecular weight is 95.1 g/mol. The Balaban J connectivity index is 2.77. The lowest BCUT2D eigenvalue weighted by molar-refractivity contribution is 0.567. The summed E-state index contributed by atoms with van der Waals surface area (Å²) >= 11 is 0. The third-order valence-corrected chi connectivity index (χ3v) is 0.649.